The van der Waals surface area contributed by atoms with Gasteiger partial charge in [0, 0.05) is 24.2 Å². The van der Waals surface area contributed by atoms with Crippen LogP contribution in [0.15, 0.2) is 29.6 Å². The first-order valence-corrected chi connectivity index (χ1v) is 8.38. The Labute approximate surface area is 138 Å². The van der Waals surface area contributed by atoms with E-state index in [1.165, 1.54) is 16.9 Å². The van der Waals surface area contributed by atoms with Crippen LogP contribution < -0.4 is 16.0 Å². The number of rotatable bonds is 4. The minimum absolute atomic E-state index is 0.0390. The summed E-state index contributed by atoms with van der Waals surface area (Å²) < 4.78 is 0. The van der Waals surface area contributed by atoms with E-state index in [4.69, 9.17) is 5.73 Å². The third kappa shape index (κ3) is 3.40. The highest BCUT2D eigenvalue weighted by Crippen LogP contribution is 2.26. The number of anilines is 1. The zero-order valence-electron chi connectivity index (χ0n) is 12.6. The molecule has 2 amide bonds. The molecule has 0 atom stereocenters. The monoisotopic (exact) mass is 330 g/mol. The van der Waals surface area contributed by atoms with Gasteiger partial charge in [0.15, 0.2) is 0 Å². The standard InChI is InChI=1S/C16H18N4O2S/c17-8-14-19-12(10-23-14)16(22)18-9-15(21)20-7-3-5-11-4-1-2-6-13(11)20/h1-2,4,6,10H,3,5,7-9,17H2,(H,18,22). The molecule has 1 aliphatic rings. The Morgan fingerprint density at radius 2 is 2.17 bits per heavy atom. The van der Waals surface area contributed by atoms with Crippen LogP contribution in [0.1, 0.15) is 27.5 Å². The van der Waals surface area contributed by atoms with Crippen LogP contribution in [0, 0.1) is 0 Å². The Bertz CT molecular complexity index is 728. The topological polar surface area (TPSA) is 88.3 Å². The highest BCUT2D eigenvalue weighted by atomic mass is 32.1. The molecular weight excluding hydrogens is 312 g/mol. The van der Waals surface area contributed by atoms with E-state index < -0.39 is 0 Å². The van der Waals surface area contributed by atoms with Gasteiger partial charge in [-0.15, -0.1) is 11.3 Å². The van der Waals surface area contributed by atoms with Crippen LogP contribution in [0.2, 0.25) is 0 Å². The second-order valence-electron chi connectivity index (χ2n) is 5.29. The Hall–Kier alpha value is -2.25. The van der Waals surface area contributed by atoms with Crippen LogP contribution >= 0.6 is 11.3 Å². The number of aromatic nitrogens is 1. The van der Waals surface area contributed by atoms with E-state index in [9.17, 15) is 9.59 Å². The van der Waals surface area contributed by atoms with E-state index in [0.29, 0.717) is 23.8 Å². The maximum absolute atomic E-state index is 12.4. The highest BCUT2D eigenvalue weighted by molar-refractivity contribution is 7.09. The third-order valence-electron chi connectivity index (χ3n) is 3.77. The fraction of sp³-hybridized carbons (Fsp3) is 0.312. The first-order chi connectivity index (χ1) is 11.2. The van der Waals surface area contributed by atoms with E-state index in [-0.39, 0.29) is 18.4 Å². The molecule has 7 heteroatoms. The number of thiazole rings is 1. The summed E-state index contributed by atoms with van der Waals surface area (Å²) in [6, 6.07) is 7.89. The van der Waals surface area contributed by atoms with Crippen LogP contribution in [-0.4, -0.2) is 29.9 Å². The molecule has 2 aromatic rings. The molecule has 23 heavy (non-hydrogen) atoms. The number of hydrogen-bond donors (Lipinski definition) is 2. The molecule has 1 aromatic heterocycles. The van der Waals surface area contributed by atoms with Crippen molar-refractivity contribution in [1.29, 1.82) is 0 Å². The zero-order valence-corrected chi connectivity index (χ0v) is 13.4. The number of hydrogen-bond acceptors (Lipinski definition) is 5. The van der Waals surface area contributed by atoms with Gasteiger partial charge in [0.2, 0.25) is 5.91 Å². The Kier molecular flexibility index (Phi) is 4.68. The number of amides is 2. The molecule has 0 unspecified atom stereocenters. The molecule has 0 saturated carbocycles. The predicted octanol–water partition coefficient (Wildman–Crippen LogP) is 1.31. The van der Waals surface area contributed by atoms with Crippen molar-refractivity contribution in [3.63, 3.8) is 0 Å². The van der Waals surface area contributed by atoms with Crippen LogP contribution in [0.25, 0.3) is 0 Å². The fourth-order valence-corrected chi connectivity index (χ4v) is 3.30. The second kappa shape index (κ2) is 6.89. The SMILES string of the molecule is NCc1nc(C(=O)NCC(=O)N2CCCc3ccccc32)cs1. The number of nitrogens with one attached hydrogen (secondary N) is 1. The summed E-state index contributed by atoms with van der Waals surface area (Å²) in [5, 5.41) is 4.99. The molecule has 0 bridgehead atoms. The summed E-state index contributed by atoms with van der Waals surface area (Å²) in [6.07, 6.45) is 1.91. The van der Waals surface area contributed by atoms with Gasteiger partial charge in [-0.25, -0.2) is 4.98 Å². The Balaban J connectivity index is 1.63. The van der Waals surface area contributed by atoms with Crippen LogP contribution in [0.3, 0.4) is 0 Å². The largest absolute Gasteiger partial charge is 0.342 e. The lowest BCUT2D eigenvalue weighted by Crippen LogP contribution is -2.42. The van der Waals surface area contributed by atoms with Crippen molar-refractivity contribution >= 4 is 28.8 Å². The summed E-state index contributed by atoms with van der Waals surface area (Å²) >= 11 is 1.34. The van der Waals surface area contributed by atoms with Crippen molar-refractivity contribution in [3.05, 3.63) is 45.9 Å². The average Bonchev–Trinajstić information content (AvgIpc) is 3.08. The molecule has 0 saturated heterocycles. The minimum Gasteiger partial charge on any atom is -0.342 e. The van der Waals surface area contributed by atoms with Crippen molar-refractivity contribution in [1.82, 2.24) is 10.3 Å². The van der Waals surface area contributed by atoms with Gasteiger partial charge < -0.3 is 16.0 Å². The van der Waals surface area contributed by atoms with E-state index in [0.717, 1.165) is 18.5 Å². The van der Waals surface area contributed by atoms with Crippen LogP contribution in [0.4, 0.5) is 5.69 Å². The highest BCUT2D eigenvalue weighted by Gasteiger charge is 2.22. The maximum atomic E-state index is 12.4. The number of carbonyl (C=O) groups is 2. The lowest BCUT2D eigenvalue weighted by Gasteiger charge is -2.29. The smallest absolute Gasteiger partial charge is 0.271 e. The van der Waals surface area contributed by atoms with Gasteiger partial charge in [-0.2, -0.15) is 0 Å². The van der Waals surface area contributed by atoms with Gasteiger partial charge in [-0.05, 0) is 24.5 Å². The summed E-state index contributed by atoms with van der Waals surface area (Å²) in [5.74, 6) is -0.459. The molecule has 0 aliphatic carbocycles. The summed E-state index contributed by atoms with van der Waals surface area (Å²) in [4.78, 5) is 30.3. The number of carbonyl (C=O) groups excluding carboxylic acids is 2. The number of nitrogens with zero attached hydrogens (tertiary/aromatic N) is 2. The lowest BCUT2D eigenvalue weighted by molar-refractivity contribution is -0.117. The molecule has 3 N–H and O–H groups in total. The summed E-state index contributed by atoms with van der Waals surface area (Å²) in [6.45, 7) is 0.948. The summed E-state index contributed by atoms with van der Waals surface area (Å²) in [7, 11) is 0. The molecule has 3 rings (SSSR count). The maximum Gasteiger partial charge on any atom is 0.271 e. The molecular formula is C16H18N4O2S. The number of para-hydroxylation sites is 1. The van der Waals surface area contributed by atoms with Crippen LogP contribution in [0.5, 0.6) is 0 Å². The number of nitrogens with two attached hydrogens (primary N) is 1. The normalized spacial score (nSPS) is 13.5. The van der Waals surface area contributed by atoms with E-state index >= 15 is 0 Å². The molecule has 120 valence electrons. The van der Waals surface area contributed by atoms with Gasteiger partial charge in [-0.1, -0.05) is 18.2 Å². The lowest BCUT2D eigenvalue weighted by atomic mass is 10.0. The van der Waals surface area contributed by atoms with E-state index in [2.05, 4.69) is 10.3 Å². The summed E-state index contributed by atoms with van der Waals surface area (Å²) in [5.41, 5.74) is 7.90. The van der Waals surface area contributed by atoms with Gasteiger partial charge >= 0.3 is 0 Å². The van der Waals surface area contributed by atoms with E-state index in [1.54, 1.807) is 10.3 Å². The molecule has 1 aliphatic heterocycles. The van der Waals surface area contributed by atoms with Crippen molar-refractivity contribution < 1.29 is 9.59 Å². The number of benzene rings is 1. The van der Waals surface area contributed by atoms with Gasteiger partial charge in [0.1, 0.15) is 10.7 Å². The Morgan fingerprint density at radius 3 is 2.96 bits per heavy atom. The van der Waals surface area contributed by atoms with Gasteiger partial charge in [0.25, 0.3) is 5.91 Å². The third-order valence-corrected chi connectivity index (χ3v) is 4.64. The minimum atomic E-state index is -0.348. The molecule has 2 heterocycles. The predicted molar refractivity (Wildman–Crippen MR) is 89.5 cm³/mol. The Morgan fingerprint density at radius 1 is 1.35 bits per heavy atom. The first kappa shape index (κ1) is 15.6. The molecule has 6 nitrogen and oxygen atoms in total. The zero-order chi connectivity index (χ0) is 16.2. The number of fused-ring (bicyclic) bond motifs is 1. The van der Waals surface area contributed by atoms with Crippen molar-refractivity contribution in [2.75, 3.05) is 18.0 Å². The average molecular weight is 330 g/mol. The molecule has 0 radical (unpaired) electrons. The van der Waals surface area contributed by atoms with Gasteiger partial charge in [-0.3, -0.25) is 9.59 Å². The number of aryl methyl sites for hydroxylation is 1. The molecule has 1 aromatic carbocycles. The molecule has 0 fully saturated rings. The van der Waals surface area contributed by atoms with Crippen molar-refractivity contribution in [2.24, 2.45) is 5.73 Å². The van der Waals surface area contributed by atoms with Gasteiger partial charge in [0.05, 0.1) is 6.54 Å². The quantitative estimate of drug-likeness (QED) is 0.885. The first-order valence-electron chi connectivity index (χ1n) is 7.50. The van der Waals surface area contributed by atoms with Crippen molar-refractivity contribution in [2.45, 2.75) is 19.4 Å². The fourth-order valence-electron chi connectivity index (χ4n) is 2.64. The van der Waals surface area contributed by atoms with Crippen molar-refractivity contribution in [3.8, 4) is 0 Å². The van der Waals surface area contributed by atoms with E-state index in [1.807, 2.05) is 24.3 Å². The second-order valence-corrected chi connectivity index (χ2v) is 6.23. The molecule has 0 spiro atoms. The van der Waals surface area contributed by atoms with Crippen LogP contribution in [-0.2, 0) is 17.8 Å².